The van der Waals surface area contributed by atoms with Crippen LogP contribution in [-0.2, 0) is 37.5 Å². The number of hydrogen-bond acceptors (Lipinski definition) is 8. The fraction of sp³-hybridized carbons (Fsp3) is 0.308. The van der Waals surface area contributed by atoms with Crippen LogP contribution in [0.4, 0.5) is 15.1 Å². The zero-order chi connectivity index (χ0) is 37.0. The topological polar surface area (TPSA) is 120 Å². The molecule has 2 aliphatic rings. The van der Waals surface area contributed by atoms with Crippen molar-refractivity contribution in [1.82, 2.24) is 18.9 Å². The third-order valence-corrected chi connectivity index (χ3v) is 13.5. The monoisotopic (exact) mass is 768 g/mol. The predicted octanol–water partition coefficient (Wildman–Crippen LogP) is 7.43. The molecule has 0 spiro atoms. The van der Waals surface area contributed by atoms with Gasteiger partial charge in [0.2, 0.25) is 5.91 Å². The Morgan fingerprint density at radius 1 is 0.943 bits per heavy atom. The molecular formula is C39H37FN6O4S3. The Hall–Kier alpha value is -4.79. The number of thioether (sulfide) groups is 1. The minimum atomic E-state index is -0.566. The van der Waals surface area contributed by atoms with Crippen LogP contribution in [-0.4, -0.2) is 36.5 Å². The number of hydrogen-bond donors (Lipinski definition) is 2. The molecule has 4 heterocycles. The van der Waals surface area contributed by atoms with E-state index < -0.39 is 17.6 Å². The first-order chi connectivity index (χ1) is 25.6. The predicted molar refractivity (Wildman–Crippen MR) is 210 cm³/mol. The number of carbonyl (C=O) groups is 2. The molecule has 1 unspecified atom stereocenters. The number of anilines is 2. The zero-order valence-electron chi connectivity index (χ0n) is 29.5. The van der Waals surface area contributed by atoms with Crippen LogP contribution < -0.4 is 21.8 Å². The van der Waals surface area contributed by atoms with E-state index in [-0.39, 0.29) is 33.4 Å². The molecule has 6 aromatic rings. The average molecular weight is 769 g/mol. The number of carbonyl (C=O) groups excluding carboxylic acids is 2. The number of rotatable bonds is 8. The molecule has 2 N–H and O–H groups in total. The highest BCUT2D eigenvalue weighted by atomic mass is 32.2. The molecule has 4 aromatic heterocycles. The minimum absolute atomic E-state index is 0.0753. The fourth-order valence-electron chi connectivity index (χ4n) is 7.39. The summed E-state index contributed by atoms with van der Waals surface area (Å²) in [5, 5.41) is 7.00. The lowest BCUT2D eigenvalue weighted by atomic mass is 9.89. The van der Waals surface area contributed by atoms with Crippen LogP contribution in [0.3, 0.4) is 0 Å². The van der Waals surface area contributed by atoms with E-state index in [0.29, 0.717) is 44.5 Å². The van der Waals surface area contributed by atoms with E-state index >= 15 is 4.39 Å². The van der Waals surface area contributed by atoms with Gasteiger partial charge in [0.05, 0.1) is 33.8 Å². The maximum atomic E-state index is 15.3. The Labute approximate surface area is 316 Å². The van der Waals surface area contributed by atoms with Crippen LogP contribution in [0.5, 0.6) is 0 Å². The molecule has 2 aliphatic carbocycles. The fourth-order valence-corrected chi connectivity index (χ4v) is 10.9. The number of amides is 2. The maximum Gasteiger partial charge on any atom is 0.295 e. The largest absolute Gasteiger partial charge is 0.316 e. The molecule has 1 atom stereocenters. The van der Waals surface area contributed by atoms with Crippen molar-refractivity contribution in [2.45, 2.75) is 63.9 Å². The number of aryl methyl sites for hydroxylation is 2. The van der Waals surface area contributed by atoms with Crippen LogP contribution >= 0.6 is 34.4 Å². The summed E-state index contributed by atoms with van der Waals surface area (Å²) < 4.78 is 19.7. The van der Waals surface area contributed by atoms with Crippen molar-refractivity contribution in [3.63, 3.8) is 0 Å². The van der Waals surface area contributed by atoms with Crippen molar-refractivity contribution in [2.75, 3.05) is 16.4 Å². The lowest BCUT2D eigenvalue weighted by Crippen LogP contribution is -2.25. The van der Waals surface area contributed by atoms with E-state index in [1.807, 2.05) is 30.3 Å². The normalized spacial score (nSPS) is 15.3. The number of nitrogens with zero attached hydrogens (tertiary/aromatic N) is 4. The highest BCUT2D eigenvalue weighted by Gasteiger charge is 2.30. The summed E-state index contributed by atoms with van der Waals surface area (Å²) in [6, 6.07) is 15.3. The van der Waals surface area contributed by atoms with E-state index in [1.54, 1.807) is 36.9 Å². The van der Waals surface area contributed by atoms with Gasteiger partial charge in [-0.1, -0.05) is 49.0 Å². The summed E-state index contributed by atoms with van der Waals surface area (Å²) in [7, 11) is 1.76. The molecule has 0 fully saturated rings. The molecule has 2 amide bonds. The van der Waals surface area contributed by atoms with Gasteiger partial charge in [0, 0.05) is 16.8 Å². The van der Waals surface area contributed by atoms with E-state index in [0.717, 1.165) is 71.2 Å². The van der Waals surface area contributed by atoms with Gasteiger partial charge in [-0.25, -0.2) is 14.1 Å². The standard InChI is InChI=1S/C39H37FN6O4S3/c1-21-17-18-25-29(19-21)53-36-32(25)37(49)45(27-15-9-8-14-26(27)40)39(43-36)51-20-30(47)41-35-31(24-13-7-10-16-28(24)52-35)34(48)42-33-22(2)44(3)46(38(33)50)23-11-5-4-6-12-23/h4-6,8-9,11-12,14-15,21H,7,10,13,16-20H2,1-3H3,(H,41,47)(H,42,48). The quantitative estimate of drug-likeness (QED) is 0.123. The van der Waals surface area contributed by atoms with E-state index in [4.69, 9.17) is 4.98 Å². The number of para-hydroxylation sites is 2. The molecule has 0 aliphatic heterocycles. The van der Waals surface area contributed by atoms with Gasteiger partial charge in [-0.3, -0.25) is 28.4 Å². The third-order valence-electron chi connectivity index (χ3n) is 10.2. The van der Waals surface area contributed by atoms with Crippen LogP contribution in [0.15, 0.2) is 69.3 Å². The summed E-state index contributed by atoms with van der Waals surface area (Å²) in [5.41, 5.74) is 3.04. The summed E-state index contributed by atoms with van der Waals surface area (Å²) in [4.78, 5) is 63.2. The molecule has 2 aromatic carbocycles. The summed E-state index contributed by atoms with van der Waals surface area (Å²) in [5.74, 6) is -1.07. The van der Waals surface area contributed by atoms with Crippen LogP contribution in [0, 0.1) is 18.7 Å². The van der Waals surface area contributed by atoms with Gasteiger partial charge < -0.3 is 10.6 Å². The van der Waals surface area contributed by atoms with E-state index in [1.165, 1.54) is 38.0 Å². The van der Waals surface area contributed by atoms with Crippen molar-refractivity contribution in [3.05, 3.63) is 113 Å². The molecular weight excluding hydrogens is 732 g/mol. The number of nitrogens with one attached hydrogen (secondary N) is 2. The second-order valence-electron chi connectivity index (χ2n) is 13.7. The Morgan fingerprint density at radius 3 is 2.49 bits per heavy atom. The van der Waals surface area contributed by atoms with Gasteiger partial charge >= 0.3 is 0 Å². The SMILES string of the molecule is Cc1c(NC(=O)c2c(NC(=O)CSc3nc4sc5c(c4c(=O)n3-c3ccccc3F)CCC(C)C5)sc3c2CCCC3)c(=O)n(-c2ccccc2)n1C. The number of aromatic nitrogens is 4. The molecule has 10 nitrogen and oxygen atoms in total. The molecule has 14 heteroatoms. The Bertz CT molecular complexity index is 2550. The van der Waals surface area contributed by atoms with Crippen LogP contribution in [0.2, 0.25) is 0 Å². The Kier molecular flexibility index (Phi) is 9.46. The Morgan fingerprint density at radius 2 is 1.70 bits per heavy atom. The molecule has 0 radical (unpaired) electrons. The van der Waals surface area contributed by atoms with Crippen molar-refractivity contribution < 1.29 is 14.0 Å². The molecule has 53 heavy (non-hydrogen) atoms. The first-order valence-corrected chi connectivity index (χ1v) is 20.3. The summed E-state index contributed by atoms with van der Waals surface area (Å²) in [6.07, 6.45) is 5.97. The van der Waals surface area contributed by atoms with Gasteiger partial charge in [0.25, 0.3) is 17.0 Å². The van der Waals surface area contributed by atoms with Crippen LogP contribution in [0.25, 0.3) is 21.6 Å². The van der Waals surface area contributed by atoms with Gasteiger partial charge in [0.1, 0.15) is 21.3 Å². The average Bonchev–Trinajstić information content (AvgIpc) is 3.76. The van der Waals surface area contributed by atoms with Gasteiger partial charge in [-0.05, 0) is 93.2 Å². The van der Waals surface area contributed by atoms with Crippen molar-refractivity contribution >= 4 is 67.2 Å². The zero-order valence-corrected chi connectivity index (χ0v) is 31.9. The lowest BCUT2D eigenvalue weighted by Gasteiger charge is -2.18. The Balaban J connectivity index is 1.10. The number of benzene rings is 2. The number of fused-ring (bicyclic) bond motifs is 4. The van der Waals surface area contributed by atoms with Crippen LogP contribution in [0.1, 0.15) is 63.1 Å². The smallest absolute Gasteiger partial charge is 0.295 e. The number of halogens is 1. The molecule has 0 saturated heterocycles. The highest BCUT2D eigenvalue weighted by molar-refractivity contribution is 7.99. The lowest BCUT2D eigenvalue weighted by molar-refractivity contribution is -0.113. The van der Waals surface area contributed by atoms with Crippen molar-refractivity contribution in [3.8, 4) is 11.4 Å². The van der Waals surface area contributed by atoms with E-state index in [9.17, 15) is 19.2 Å². The minimum Gasteiger partial charge on any atom is -0.316 e. The number of thiophene rings is 2. The summed E-state index contributed by atoms with van der Waals surface area (Å²) >= 11 is 3.93. The molecule has 0 saturated carbocycles. The van der Waals surface area contributed by atoms with Gasteiger partial charge in [-0.2, -0.15) is 0 Å². The van der Waals surface area contributed by atoms with Gasteiger partial charge in [-0.15, -0.1) is 22.7 Å². The molecule has 8 rings (SSSR count). The third kappa shape index (κ3) is 6.36. The molecule has 0 bridgehead atoms. The van der Waals surface area contributed by atoms with Gasteiger partial charge in [0.15, 0.2) is 5.16 Å². The summed E-state index contributed by atoms with van der Waals surface area (Å²) in [6.45, 7) is 3.97. The second kappa shape index (κ2) is 14.2. The van der Waals surface area contributed by atoms with Crippen molar-refractivity contribution in [2.24, 2.45) is 13.0 Å². The first kappa shape index (κ1) is 35.3. The second-order valence-corrected chi connectivity index (χ2v) is 16.8. The van der Waals surface area contributed by atoms with Crippen molar-refractivity contribution in [1.29, 1.82) is 0 Å². The first-order valence-electron chi connectivity index (χ1n) is 17.7. The highest BCUT2D eigenvalue weighted by Crippen LogP contribution is 2.40. The van der Waals surface area contributed by atoms with E-state index in [2.05, 4.69) is 17.6 Å². The molecule has 272 valence electrons. The maximum absolute atomic E-state index is 15.3.